The average molecular weight is 536 g/mol. The molecule has 0 unspecified atom stereocenters. The van der Waals surface area contributed by atoms with Gasteiger partial charge in [-0.25, -0.2) is 4.98 Å². The van der Waals surface area contributed by atoms with Crippen molar-refractivity contribution < 1.29 is 23.0 Å². The molecule has 2 aromatic rings. The zero-order valence-corrected chi connectivity index (χ0v) is 21.9. The molecule has 4 rings (SSSR count). The summed E-state index contributed by atoms with van der Waals surface area (Å²) < 4.78 is 49.3. The van der Waals surface area contributed by atoms with Crippen molar-refractivity contribution >= 4 is 23.0 Å². The number of allylic oxidation sites excluding steroid dienone is 4. The minimum absolute atomic E-state index is 0.0180. The lowest BCUT2D eigenvalue weighted by Crippen LogP contribution is -2.37. The minimum atomic E-state index is -4.59. The van der Waals surface area contributed by atoms with Crippen molar-refractivity contribution in [1.29, 1.82) is 0 Å². The fraction of sp³-hybridized carbons (Fsp3) is 0.538. The van der Waals surface area contributed by atoms with Gasteiger partial charge in [0.25, 0.3) is 0 Å². The number of anilines is 3. The molecule has 0 atom stereocenters. The van der Waals surface area contributed by atoms with Crippen LogP contribution in [-0.2, 0) is 4.74 Å². The van der Waals surface area contributed by atoms with E-state index in [-0.39, 0.29) is 18.1 Å². The zero-order chi connectivity index (χ0) is 27.4. The number of nitrogen functional groups attached to an aromatic ring is 1. The number of likely N-dealkylation sites (tertiary alicyclic amines) is 1. The minimum Gasteiger partial charge on any atom is -0.396 e. The van der Waals surface area contributed by atoms with Crippen molar-refractivity contribution in [3.63, 3.8) is 0 Å². The maximum absolute atomic E-state index is 14.1. The summed E-state index contributed by atoms with van der Waals surface area (Å²) in [5.41, 5.74) is 7.30. The lowest BCUT2D eigenvalue weighted by Gasteiger charge is -2.34. The molecule has 0 spiro atoms. The van der Waals surface area contributed by atoms with Crippen LogP contribution in [0.3, 0.4) is 0 Å². The van der Waals surface area contributed by atoms with E-state index in [0.29, 0.717) is 93.1 Å². The predicted molar refractivity (Wildman–Crippen MR) is 142 cm³/mol. The molecule has 0 amide bonds. The predicted octanol–water partition coefficient (Wildman–Crippen LogP) is 3.52. The van der Waals surface area contributed by atoms with E-state index >= 15 is 0 Å². The Labute approximate surface area is 220 Å². The van der Waals surface area contributed by atoms with Gasteiger partial charge >= 0.3 is 6.18 Å². The second-order valence-corrected chi connectivity index (χ2v) is 9.61. The number of aromatic nitrogens is 3. The number of nitrogens with one attached hydrogen (secondary N) is 1. The molecule has 9 nitrogen and oxygen atoms in total. The Bertz CT molecular complexity index is 1210. The van der Waals surface area contributed by atoms with Crippen LogP contribution in [-0.4, -0.2) is 83.3 Å². The van der Waals surface area contributed by atoms with Crippen molar-refractivity contribution in [3.05, 3.63) is 47.3 Å². The van der Waals surface area contributed by atoms with Crippen LogP contribution in [0, 0.1) is 12.8 Å². The molecule has 0 aliphatic carbocycles. The summed E-state index contributed by atoms with van der Waals surface area (Å²) in [7, 11) is 0. The Morgan fingerprint density at radius 1 is 1.26 bits per heavy atom. The number of β-amino-alcohol motifs (C(OH)–C–C–N with tert-alkyl or cyclic N) is 1. The Hall–Kier alpha value is -3.09. The van der Waals surface area contributed by atoms with Gasteiger partial charge in [-0.3, -0.25) is 0 Å². The Morgan fingerprint density at radius 3 is 2.55 bits per heavy atom. The summed E-state index contributed by atoms with van der Waals surface area (Å²) >= 11 is 0. The summed E-state index contributed by atoms with van der Waals surface area (Å²) in [4.78, 5) is 8.67. The molecular weight excluding hydrogens is 499 g/mol. The number of hydrogen-bond donors (Lipinski definition) is 3. The molecule has 0 bridgehead atoms. The lowest BCUT2D eigenvalue weighted by molar-refractivity contribution is -0.0900. The highest BCUT2D eigenvalue weighted by Crippen LogP contribution is 2.40. The number of halogens is 3. The Morgan fingerprint density at radius 2 is 1.95 bits per heavy atom. The quantitative estimate of drug-likeness (QED) is 0.441. The number of alkyl halides is 3. The van der Waals surface area contributed by atoms with Gasteiger partial charge in [0.1, 0.15) is 0 Å². The number of piperidine rings is 1. The number of hydrogen-bond acceptors (Lipinski definition) is 8. The monoisotopic (exact) mass is 535 g/mol. The highest BCUT2D eigenvalue weighted by Gasteiger charge is 2.39. The van der Waals surface area contributed by atoms with Gasteiger partial charge in [0, 0.05) is 31.4 Å². The SMILES string of the molecule is C=C(/C(=C(\C=C/C)Nc1c(C)nc2c(N)cc(N3CCOCC3)nn12)C1CCN(CCO)CC1)C(F)(F)F. The Balaban J connectivity index is 1.78. The molecule has 2 aliphatic heterocycles. The van der Waals surface area contributed by atoms with E-state index in [0.717, 1.165) is 0 Å². The third kappa shape index (κ3) is 5.97. The molecule has 0 radical (unpaired) electrons. The van der Waals surface area contributed by atoms with Crippen LogP contribution in [0.1, 0.15) is 25.5 Å². The number of morpholine rings is 1. The topological polar surface area (TPSA) is 104 Å². The number of aryl methyl sites for hydroxylation is 1. The molecule has 4 N–H and O–H groups in total. The Kier molecular flexibility index (Phi) is 8.64. The summed E-state index contributed by atoms with van der Waals surface area (Å²) in [6.07, 6.45) is -0.211. The third-order valence-corrected chi connectivity index (χ3v) is 7.07. The summed E-state index contributed by atoms with van der Waals surface area (Å²) in [5, 5.41) is 17.2. The number of nitrogens with zero attached hydrogens (tertiary/aromatic N) is 5. The van der Waals surface area contributed by atoms with Crippen LogP contribution in [0.2, 0.25) is 0 Å². The highest BCUT2D eigenvalue weighted by molar-refractivity contribution is 5.73. The maximum atomic E-state index is 14.1. The molecule has 2 saturated heterocycles. The first-order valence-corrected chi connectivity index (χ1v) is 12.9. The molecule has 0 aromatic carbocycles. The van der Waals surface area contributed by atoms with E-state index in [2.05, 4.69) is 26.7 Å². The van der Waals surface area contributed by atoms with Crippen molar-refractivity contribution in [1.82, 2.24) is 19.5 Å². The molecular formula is C26H36F3N7O2. The molecule has 2 aliphatic rings. The molecule has 0 saturated carbocycles. The van der Waals surface area contributed by atoms with Crippen molar-refractivity contribution in [2.24, 2.45) is 5.92 Å². The van der Waals surface area contributed by atoms with Crippen molar-refractivity contribution in [3.8, 4) is 0 Å². The van der Waals surface area contributed by atoms with Gasteiger partial charge in [-0.05, 0) is 57.3 Å². The van der Waals surface area contributed by atoms with Crippen LogP contribution in [0.25, 0.3) is 5.65 Å². The van der Waals surface area contributed by atoms with E-state index in [1.165, 1.54) is 0 Å². The largest absolute Gasteiger partial charge is 0.416 e. The molecule has 38 heavy (non-hydrogen) atoms. The van der Waals surface area contributed by atoms with Crippen LogP contribution in [0.5, 0.6) is 0 Å². The van der Waals surface area contributed by atoms with Gasteiger partial charge in [0.2, 0.25) is 0 Å². The molecule has 12 heteroatoms. The number of aliphatic hydroxyl groups is 1. The number of rotatable bonds is 8. The first-order chi connectivity index (χ1) is 18.1. The van der Waals surface area contributed by atoms with Gasteiger partial charge in [-0.15, -0.1) is 5.10 Å². The summed E-state index contributed by atoms with van der Waals surface area (Å²) in [5.74, 6) is 0.728. The van der Waals surface area contributed by atoms with Gasteiger partial charge in [-0.2, -0.15) is 17.7 Å². The van der Waals surface area contributed by atoms with Crippen molar-refractivity contribution in [2.75, 3.05) is 68.5 Å². The molecule has 4 heterocycles. The smallest absolute Gasteiger partial charge is 0.396 e. The molecule has 2 aromatic heterocycles. The zero-order valence-electron chi connectivity index (χ0n) is 21.9. The van der Waals surface area contributed by atoms with Crippen molar-refractivity contribution in [2.45, 2.75) is 32.9 Å². The lowest BCUT2D eigenvalue weighted by atomic mass is 9.83. The van der Waals surface area contributed by atoms with E-state index in [4.69, 9.17) is 15.6 Å². The fourth-order valence-electron chi connectivity index (χ4n) is 5.09. The third-order valence-electron chi connectivity index (χ3n) is 7.07. The van der Waals surface area contributed by atoms with E-state index in [9.17, 15) is 18.3 Å². The number of fused-ring (bicyclic) bond motifs is 1. The number of ether oxygens (including phenoxy) is 1. The number of imidazole rings is 1. The van der Waals surface area contributed by atoms with E-state index in [1.54, 1.807) is 36.6 Å². The number of aliphatic hydroxyl groups excluding tert-OH is 1. The first-order valence-electron chi connectivity index (χ1n) is 12.9. The molecule has 208 valence electrons. The van der Waals surface area contributed by atoms with Gasteiger partial charge in [-0.1, -0.05) is 12.7 Å². The highest BCUT2D eigenvalue weighted by atomic mass is 19.4. The summed E-state index contributed by atoms with van der Waals surface area (Å²) in [6, 6.07) is 1.76. The van der Waals surface area contributed by atoms with E-state index in [1.807, 2.05) is 0 Å². The normalized spacial score (nSPS) is 18.8. The van der Waals surface area contributed by atoms with Crippen LogP contribution >= 0.6 is 0 Å². The van der Waals surface area contributed by atoms with Gasteiger partial charge < -0.3 is 30.7 Å². The fourth-order valence-corrected chi connectivity index (χ4v) is 5.09. The average Bonchev–Trinajstić information content (AvgIpc) is 3.21. The second-order valence-electron chi connectivity index (χ2n) is 9.61. The van der Waals surface area contributed by atoms with Gasteiger partial charge in [0.05, 0.1) is 36.8 Å². The van der Waals surface area contributed by atoms with Gasteiger partial charge in [0.15, 0.2) is 17.3 Å². The first kappa shape index (κ1) is 27.9. The maximum Gasteiger partial charge on any atom is 0.416 e. The van der Waals surface area contributed by atoms with E-state index < -0.39 is 11.7 Å². The standard InChI is InChI=1S/C26H36F3N7O2/c1-4-5-21(23(17(2)26(27,28)29)19-6-8-34(9-7-19)10-13-37)32-24-18(3)31-25-20(30)16-22(33-36(24)25)35-11-14-38-15-12-35/h4-5,16,19,32,37H,2,6-15,30H2,1,3H3/b5-4-,23-21-. The summed E-state index contributed by atoms with van der Waals surface area (Å²) in [6.45, 7) is 11.2. The van der Waals surface area contributed by atoms with Crippen LogP contribution < -0.4 is 16.0 Å². The molecule has 2 fully saturated rings. The number of nitrogens with two attached hydrogens (primary N) is 1. The van der Waals surface area contributed by atoms with Crippen LogP contribution in [0.4, 0.5) is 30.5 Å². The van der Waals surface area contributed by atoms with Crippen LogP contribution in [0.15, 0.2) is 41.6 Å². The second kappa shape index (κ2) is 11.7.